The first-order valence-electron chi connectivity index (χ1n) is 10.4. The molecular formula is C21H31NO5S. The highest BCUT2D eigenvalue weighted by atomic mass is 32.2. The minimum Gasteiger partial charge on any atom is -0.493 e. The number of aliphatic hydroxyl groups is 1. The van der Waals surface area contributed by atoms with Crippen molar-refractivity contribution in [2.45, 2.75) is 70.3 Å². The topological polar surface area (TPSA) is 98.9 Å². The van der Waals surface area contributed by atoms with Gasteiger partial charge in [-0.2, -0.15) is 13.6 Å². The Morgan fingerprint density at radius 1 is 1.21 bits per heavy atom. The molecule has 1 aromatic rings. The van der Waals surface area contributed by atoms with E-state index in [0.29, 0.717) is 23.5 Å². The normalized spacial score (nSPS) is 34.7. The summed E-state index contributed by atoms with van der Waals surface area (Å²) in [7, 11) is -2.59. The predicted molar refractivity (Wildman–Crippen MR) is 107 cm³/mol. The summed E-state index contributed by atoms with van der Waals surface area (Å²) in [4.78, 5) is 0. The molecule has 0 saturated heterocycles. The van der Waals surface area contributed by atoms with Crippen LogP contribution in [0.5, 0.6) is 11.5 Å². The van der Waals surface area contributed by atoms with E-state index in [0.717, 1.165) is 50.5 Å². The minimum atomic E-state index is -4.10. The van der Waals surface area contributed by atoms with Crippen LogP contribution in [0.1, 0.15) is 68.9 Å². The molecule has 1 aromatic carbocycles. The summed E-state index contributed by atoms with van der Waals surface area (Å²) >= 11 is 0. The molecule has 7 heteroatoms. The molecule has 0 spiro atoms. The van der Waals surface area contributed by atoms with E-state index in [1.165, 1.54) is 19.1 Å². The van der Waals surface area contributed by atoms with E-state index in [1.807, 2.05) is 6.07 Å². The molecule has 2 fully saturated rings. The van der Waals surface area contributed by atoms with Gasteiger partial charge in [0.05, 0.1) is 13.2 Å². The Bertz CT molecular complexity index is 855. The third-order valence-corrected chi connectivity index (χ3v) is 8.20. The zero-order valence-corrected chi connectivity index (χ0v) is 17.5. The molecule has 0 heterocycles. The fraction of sp³-hybridized carbons (Fsp3) is 0.714. The molecule has 28 heavy (non-hydrogen) atoms. The van der Waals surface area contributed by atoms with Gasteiger partial charge in [-0.25, -0.2) is 0 Å². The second-order valence-corrected chi connectivity index (χ2v) is 9.92. The van der Waals surface area contributed by atoms with Gasteiger partial charge in [0.25, 0.3) is 0 Å². The number of hydrogen-bond acceptors (Lipinski definition) is 5. The quantitative estimate of drug-likeness (QED) is 0.795. The van der Waals surface area contributed by atoms with Crippen LogP contribution in [0.25, 0.3) is 0 Å². The summed E-state index contributed by atoms with van der Waals surface area (Å²) < 4.78 is 33.2. The van der Waals surface area contributed by atoms with Crippen molar-refractivity contribution in [1.29, 1.82) is 0 Å². The van der Waals surface area contributed by atoms with Crippen molar-refractivity contribution < 1.29 is 22.4 Å². The number of aryl methyl sites for hydroxylation is 1. The summed E-state index contributed by atoms with van der Waals surface area (Å²) in [5.41, 5.74) is 2.44. The monoisotopic (exact) mass is 409 g/mol. The smallest absolute Gasteiger partial charge is 0.380 e. The average Bonchev–Trinajstić information content (AvgIpc) is 2.66. The molecule has 3 aliphatic carbocycles. The second-order valence-electron chi connectivity index (χ2n) is 8.77. The number of ether oxygens (including phenoxy) is 1. The van der Waals surface area contributed by atoms with Crippen molar-refractivity contribution in [2.75, 3.05) is 7.11 Å². The molecule has 6 nitrogen and oxygen atoms in total. The Morgan fingerprint density at radius 2 is 2.00 bits per heavy atom. The molecule has 3 aliphatic rings. The number of fused-ring (bicyclic) bond motifs is 5. The Hall–Kier alpha value is -1.31. The first-order valence-corrected chi connectivity index (χ1v) is 11.9. The number of hydrogen-bond donors (Lipinski definition) is 2. The molecule has 0 aliphatic heterocycles. The van der Waals surface area contributed by atoms with Crippen molar-refractivity contribution in [1.82, 2.24) is 0 Å². The highest BCUT2D eigenvalue weighted by Crippen LogP contribution is 2.61. The van der Waals surface area contributed by atoms with Gasteiger partial charge in [0.2, 0.25) is 0 Å². The van der Waals surface area contributed by atoms with E-state index in [9.17, 15) is 13.5 Å². The first kappa shape index (κ1) is 20.0. The van der Waals surface area contributed by atoms with Crippen LogP contribution in [0.2, 0.25) is 0 Å². The fourth-order valence-corrected chi connectivity index (χ4v) is 6.96. The van der Waals surface area contributed by atoms with Crippen molar-refractivity contribution in [2.24, 2.45) is 22.4 Å². The number of rotatable bonds is 4. The maximum Gasteiger partial charge on any atom is 0.380 e. The fourth-order valence-electron chi connectivity index (χ4n) is 6.58. The standard InChI is InChI=1S/C21H31NO5S/c1-3-21-10-9-14-15(17(21)5-4-6-20(21)23)8-7-13-11-19(27-28(22,24)25)18(26-2)12-16(13)14/h11-12,14-15,17,20,23H,3-10H2,1-2H3,(H2,22,24,25)/t14?,15?,17?,20-,21-/m0/s1. The first-order chi connectivity index (χ1) is 13.3. The third kappa shape index (κ3) is 3.21. The zero-order valence-electron chi connectivity index (χ0n) is 16.7. The molecule has 3 unspecified atom stereocenters. The molecular weight excluding hydrogens is 378 g/mol. The SMILES string of the molecule is CC[C@]12CCC3c4cc(OC)c(OS(N)(=O)=O)cc4CCC3C1CCC[C@@H]2O. The number of aliphatic hydroxyl groups excluding tert-OH is 1. The van der Waals surface area contributed by atoms with Crippen LogP contribution >= 0.6 is 0 Å². The number of methoxy groups -OCH3 is 1. The summed E-state index contributed by atoms with van der Waals surface area (Å²) in [5, 5.41) is 15.9. The minimum absolute atomic E-state index is 0.0671. The van der Waals surface area contributed by atoms with E-state index in [2.05, 4.69) is 6.92 Å². The predicted octanol–water partition coefficient (Wildman–Crippen LogP) is 3.27. The Labute approximate surface area is 167 Å². The molecule has 3 N–H and O–H groups in total. The molecule has 0 radical (unpaired) electrons. The van der Waals surface area contributed by atoms with Gasteiger partial charge in [0.15, 0.2) is 11.5 Å². The lowest BCUT2D eigenvalue weighted by molar-refractivity contribution is -0.112. The maximum absolute atomic E-state index is 11.4. The van der Waals surface area contributed by atoms with Crippen LogP contribution in [0, 0.1) is 17.3 Å². The lowest BCUT2D eigenvalue weighted by Gasteiger charge is -2.57. The molecule has 2 saturated carbocycles. The Morgan fingerprint density at radius 3 is 2.68 bits per heavy atom. The second kappa shape index (κ2) is 7.18. The molecule has 5 atom stereocenters. The van der Waals surface area contributed by atoms with Crippen molar-refractivity contribution in [3.8, 4) is 11.5 Å². The lowest BCUT2D eigenvalue weighted by atomic mass is 9.48. The largest absolute Gasteiger partial charge is 0.493 e. The van der Waals surface area contributed by atoms with Gasteiger partial charge in [-0.15, -0.1) is 0 Å². The summed E-state index contributed by atoms with van der Waals surface area (Å²) in [6, 6.07) is 3.73. The molecule has 0 aromatic heterocycles. The maximum atomic E-state index is 11.4. The van der Waals surface area contributed by atoms with Crippen LogP contribution in [0.4, 0.5) is 0 Å². The van der Waals surface area contributed by atoms with Crippen LogP contribution in [0.15, 0.2) is 12.1 Å². The van der Waals surface area contributed by atoms with Gasteiger partial charge in [-0.3, -0.25) is 0 Å². The van der Waals surface area contributed by atoms with Gasteiger partial charge in [0, 0.05) is 0 Å². The molecule has 0 amide bonds. The molecule has 156 valence electrons. The van der Waals surface area contributed by atoms with Gasteiger partial charge >= 0.3 is 10.3 Å². The number of benzene rings is 1. The van der Waals surface area contributed by atoms with Crippen LogP contribution in [-0.2, 0) is 16.7 Å². The van der Waals surface area contributed by atoms with Crippen molar-refractivity contribution in [3.05, 3.63) is 23.3 Å². The summed E-state index contributed by atoms with van der Waals surface area (Å²) in [6.45, 7) is 2.23. The summed E-state index contributed by atoms with van der Waals surface area (Å²) in [6.07, 6.45) is 8.15. The Balaban J connectivity index is 1.71. The van der Waals surface area contributed by atoms with Crippen LogP contribution < -0.4 is 14.1 Å². The van der Waals surface area contributed by atoms with Gasteiger partial charge in [0.1, 0.15) is 0 Å². The van der Waals surface area contributed by atoms with E-state index in [1.54, 1.807) is 6.07 Å². The van der Waals surface area contributed by atoms with Gasteiger partial charge < -0.3 is 14.0 Å². The summed E-state index contributed by atoms with van der Waals surface area (Å²) in [5.74, 6) is 2.11. The third-order valence-electron chi connectivity index (χ3n) is 7.79. The molecule has 4 rings (SSSR count). The highest BCUT2D eigenvalue weighted by molar-refractivity contribution is 7.84. The lowest BCUT2D eigenvalue weighted by Crippen LogP contribution is -2.52. The van der Waals surface area contributed by atoms with Gasteiger partial charge in [-0.1, -0.05) is 13.3 Å². The van der Waals surface area contributed by atoms with Crippen LogP contribution in [-0.4, -0.2) is 26.7 Å². The van der Waals surface area contributed by atoms with Crippen LogP contribution in [0.3, 0.4) is 0 Å². The van der Waals surface area contributed by atoms with Crippen molar-refractivity contribution in [3.63, 3.8) is 0 Å². The average molecular weight is 410 g/mol. The number of nitrogens with two attached hydrogens (primary N) is 1. The highest BCUT2D eigenvalue weighted by Gasteiger charge is 2.54. The van der Waals surface area contributed by atoms with Crippen molar-refractivity contribution >= 4 is 10.3 Å². The molecule has 0 bridgehead atoms. The van der Waals surface area contributed by atoms with E-state index in [-0.39, 0.29) is 17.3 Å². The zero-order chi connectivity index (χ0) is 20.1. The Kier molecular flexibility index (Phi) is 5.13. The van der Waals surface area contributed by atoms with E-state index in [4.69, 9.17) is 14.1 Å². The van der Waals surface area contributed by atoms with Gasteiger partial charge in [-0.05, 0) is 91.4 Å². The van der Waals surface area contributed by atoms with E-state index >= 15 is 0 Å². The van der Waals surface area contributed by atoms with E-state index < -0.39 is 10.3 Å².